The van der Waals surface area contributed by atoms with Gasteiger partial charge in [-0.25, -0.2) is 9.18 Å². The van der Waals surface area contributed by atoms with Gasteiger partial charge in [-0.15, -0.1) is 0 Å². The molecule has 0 aliphatic carbocycles. The van der Waals surface area contributed by atoms with E-state index in [2.05, 4.69) is 10.6 Å². The summed E-state index contributed by atoms with van der Waals surface area (Å²) in [5.74, 6) is -1.77. The Labute approximate surface area is 151 Å². The van der Waals surface area contributed by atoms with Gasteiger partial charge in [-0.1, -0.05) is 0 Å². The van der Waals surface area contributed by atoms with Crippen LogP contribution in [0, 0.1) is 11.7 Å². The lowest BCUT2D eigenvalue weighted by Gasteiger charge is -2.34. The van der Waals surface area contributed by atoms with Crippen LogP contribution in [0.25, 0.3) is 0 Å². The third-order valence-electron chi connectivity index (χ3n) is 3.92. The average Bonchev–Trinajstić information content (AvgIpc) is 2.90. The van der Waals surface area contributed by atoms with Gasteiger partial charge in [-0.05, 0) is 39.0 Å². The zero-order chi connectivity index (χ0) is 19.5. The molecule has 1 aliphatic rings. The number of anilines is 1. The first kappa shape index (κ1) is 19.8. The monoisotopic (exact) mass is 366 g/mol. The maximum absolute atomic E-state index is 14.6. The van der Waals surface area contributed by atoms with E-state index in [0.29, 0.717) is 12.0 Å². The average molecular weight is 366 g/mol. The molecule has 7 nitrogen and oxygen atoms in total. The Morgan fingerprint density at radius 2 is 2.08 bits per heavy atom. The van der Waals surface area contributed by atoms with Crippen LogP contribution in [0.4, 0.5) is 14.9 Å². The van der Waals surface area contributed by atoms with Crippen molar-refractivity contribution >= 4 is 24.0 Å². The fourth-order valence-electron chi connectivity index (χ4n) is 2.86. The molecule has 0 saturated carbocycles. The SMILES string of the molecule is CC(=O)Nc1ccc(F)c([C@]2(NC(=O)OC(C)(C)C)COC[C@H]2C=O)c1. The number of nitrogens with one attached hydrogen (secondary N) is 2. The van der Waals surface area contributed by atoms with Gasteiger partial charge >= 0.3 is 6.09 Å². The molecule has 1 aliphatic heterocycles. The molecule has 2 amide bonds. The Kier molecular flexibility index (Phi) is 5.65. The second-order valence-corrected chi connectivity index (χ2v) is 7.23. The normalized spacial score (nSPS) is 22.6. The quantitative estimate of drug-likeness (QED) is 0.798. The summed E-state index contributed by atoms with van der Waals surface area (Å²) in [7, 11) is 0. The van der Waals surface area contributed by atoms with Crippen LogP contribution >= 0.6 is 0 Å². The number of amides is 2. The van der Waals surface area contributed by atoms with E-state index < -0.39 is 29.0 Å². The van der Waals surface area contributed by atoms with Crippen molar-refractivity contribution < 1.29 is 28.2 Å². The molecule has 0 aromatic heterocycles. The van der Waals surface area contributed by atoms with Gasteiger partial charge in [0.1, 0.15) is 23.2 Å². The first-order valence-corrected chi connectivity index (χ1v) is 8.19. The third-order valence-corrected chi connectivity index (χ3v) is 3.92. The summed E-state index contributed by atoms with van der Waals surface area (Å²) in [4.78, 5) is 35.2. The largest absolute Gasteiger partial charge is 0.444 e. The Balaban J connectivity index is 2.47. The molecule has 1 fully saturated rings. The van der Waals surface area contributed by atoms with Crippen molar-refractivity contribution in [2.75, 3.05) is 18.5 Å². The van der Waals surface area contributed by atoms with E-state index in [9.17, 15) is 18.8 Å². The number of ether oxygens (including phenoxy) is 2. The Bertz CT molecular complexity index is 716. The zero-order valence-corrected chi connectivity index (χ0v) is 15.2. The first-order valence-electron chi connectivity index (χ1n) is 8.19. The van der Waals surface area contributed by atoms with Gasteiger partial charge in [0.2, 0.25) is 5.91 Å². The van der Waals surface area contributed by atoms with Crippen LogP contribution in [0.15, 0.2) is 18.2 Å². The minimum Gasteiger partial charge on any atom is -0.444 e. The van der Waals surface area contributed by atoms with Crippen molar-refractivity contribution in [3.05, 3.63) is 29.6 Å². The number of carbonyl (C=O) groups is 3. The minimum absolute atomic E-state index is 0.0309. The minimum atomic E-state index is -1.43. The van der Waals surface area contributed by atoms with Gasteiger partial charge in [-0.3, -0.25) is 4.79 Å². The van der Waals surface area contributed by atoms with Crippen LogP contribution in [0.5, 0.6) is 0 Å². The van der Waals surface area contributed by atoms with E-state index in [0.717, 1.165) is 0 Å². The third kappa shape index (κ3) is 4.37. The Morgan fingerprint density at radius 3 is 2.65 bits per heavy atom. The zero-order valence-electron chi connectivity index (χ0n) is 15.2. The van der Waals surface area contributed by atoms with Gasteiger partial charge in [0.25, 0.3) is 0 Å². The van der Waals surface area contributed by atoms with Crippen LogP contribution in [-0.4, -0.2) is 37.1 Å². The molecule has 1 heterocycles. The fourth-order valence-corrected chi connectivity index (χ4v) is 2.86. The van der Waals surface area contributed by atoms with Crippen molar-refractivity contribution in [2.45, 2.75) is 38.8 Å². The highest BCUT2D eigenvalue weighted by Gasteiger charge is 2.49. The standard InChI is InChI=1S/C18H23FN2O5/c1-11(23)20-13-5-6-15(19)14(7-13)18(10-25-9-12(18)8-22)21-16(24)26-17(2,3)4/h5-8,12H,9-10H2,1-4H3,(H,20,23)(H,21,24)/t12-,18+/m1/s1. The van der Waals surface area contributed by atoms with E-state index >= 15 is 0 Å². The maximum Gasteiger partial charge on any atom is 0.408 e. The molecule has 8 heteroatoms. The second-order valence-electron chi connectivity index (χ2n) is 7.23. The number of hydrogen-bond acceptors (Lipinski definition) is 5. The number of alkyl carbamates (subject to hydrolysis) is 1. The summed E-state index contributed by atoms with van der Waals surface area (Å²) in [6, 6.07) is 3.95. The Hall–Kier alpha value is -2.48. The molecule has 1 aromatic carbocycles. The van der Waals surface area contributed by atoms with Gasteiger partial charge < -0.3 is 24.9 Å². The Morgan fingerprint density at radius 1 is 1.38 bits per heavy atom. The summed E-state index contributed by atoms with van der Waals surface area (Å²) in [5, 5.41) is 5.18. The van der Waals surface area contributed by atoms with Gasteiger partial charge in [-0.2, -0.15) is 0 Å². The highest BCUT2D eigenvalue weighted by atomic mass is 19.1. The van der Waals surface area contributed by atoms with Gasteiger partial charge in [0.15, 0.2) is 0 Å². The number of halogens is 1. The number of carbonyl (C=O) groups excluding carboxylic acids is 3. The van der Waals surface area contributed by atoms with E-state index in [4.69, 9.17) is 9.47 Å². The molecule has 2 rings (SSSR count). The number of hydrogen-bond donors (Lipinski definition) is 2. The summed E-state index contributed by atoms with van der Waals surface area (Å²) in [6.45, 7) is 6.34. The van der Waals surface area contributed by atoms with Crippen LogP contribution in [0.2, 0.25) is 0 Å². The van der Waals surface area contributed by atoms with Crippen molar-refractivity contribution in [3.63, 3.8) is 0 Å². The summed E-state index contributed by atoms with van der Waals surface area (Å²) >= 11 is 0. The van der Waals surface area contributed by atoms with Crippen LogP contribution in [0.3, 0.4) is 0 Å². The lowest BCUT2D eigenvalue weighted by Crippen LogP contribution is -2.53. The molecule has 0 bridgehead atoms. The molecule has 26 heavy (non-hydrogen) atoms. The predicted octanol–water partition coefficient (Wildman–Crippen LogP) is 2.35. The molecule has 0 spiro atoms. The second kappa shape index (κ2) is 7.41. The highest BCUT2D eigenvalue weighted by Crippen LogP contribution is 2.37. The molecule has 1 saturated heterocycles. The van der Waals surface area contributed by atoms with Crippen LogP contribution in [-0.2, 0) is 24.6 Å². The molecule has 142 valence electrons. The molecule has 0 unspecified atom stereocenters. The van der Waals surface area contributed by atoms with E-state index in [1.807, 2.05) is 0 Å². The highest BCUT2D eigenvalue weighted by molar-refractivity contribution is 5.88. The smallest absolute Gasteiger partial charge is 0.408 e. The molecule has 0 radical (unpaired) electrons. The molecule has 2 atom stereocenters. The van der Waals surface area contributed by atoms with E-state index in [-0.39, 0.29) is 24.7 Å². The van der Waals surface area contributed by atoms with Crippen molar-refractivity contribution in [1.82, 2.24) is 5.32 Å². The number of rotatable bonds is 4. The first-order chi connectivity index (χ1) is 12.1. The lowest BCUT2D eigenvalue weighted by atomic mass is 9.80. The molecule has 2 N–H and O–H groups in total. The topological polar surface area (TPSA) is 93.7 Å². The maximum atomic E-state index is 14.6. The molecular formula is C18H23FN2O5. The lowest BCUT2D eigenvalue weighted by molar-refractivity contribution is -0.114. The summed E-state index contributed by atoms with van der Waals surface area (Å²) in [6.07, 6.45) is -0.173. The van der Waals surface area contributed by atoms with Crippen molar-refractivity contribution in [2.24, 2.45) is 5.92 Å². The van der Waals surface area contributed by atoms with Gasteiger partial charge in [0.05, 0.1) is 19.1 Å². The van der Waals surface area contributed by atoms with E-state index in [1.165, 1.54) is 25.1 Å². The summed E-state index contributed by atoms with van der Waals surface area (Å²) < 4.78 is 25.3. The molecular weight excluding hydrogens is 343 g/mol. The van der Waals surface area contributed by atoms with Crippen LogP contribution < -0.4 is 10.6 Å². The van der Waals surface area contributed by atoms with Crippen molar-refractivity contribution in [1.29, 1.82) is 0 Å². The fraction of sp³-hybridized carbons (Fsp3) is 0.500. The van der Waals surface area contributed by atoms with Crippen LogP contribution in [0.1, 0.15) is 33.3 Å². The summed E-state index contributed by atoms with van der Waals surface area (Å²) in [5.41, 5.74) is -1.80. The number of benzene rings is 1. The van der Waals surface area contributed by atoms with Gasteiger partial charge in [0, 0.05) is 18.2 Å². The predicted molar refractivity (Wildman–Crippen MR) is 92.1 cm³/mol. The molecule has 1 aromatic rings. The van der Waals surface area contributed by atoms with Crippen molar-refractivity contribution in [3.8, 4) is 0 Å². The van der Waals surface area contributed by atoms with E-state index in [1.54, 1.807) is 20.8 Å². The number of aldehydes is 1.